The van der Waals surface area contributed by atoms with E-state index >= 15 is 0 Å². The first kappa shape index (κ1) is 14.9. The van der Waals surface area contributed by atoms with Gasteiger partial charge in [-0.05, 0) is 19.1 Å². The highest BCUT2D eigenvalue weighted by Crippen LogP contribution is 2.33. The zero-order valence-electron chi connectivity index (χ0n) is 11.3. The van der Waals surface area contributed by atoms with Crippen molar-refractivity contribution in [3.8, 4) is 0 Å². The Morgan fingerprint density at radius 2 is 2.10 bits per heavy atom. The molecule has 0 amide bonds. The minimum atomic E-state index is -1.77. The first-order valence-electron chi connectivity index (χ1n) is 6.23. The Bertz CT molecular complexity index is 462. The molecule has 4 unspecified atom stereocenters. The number of methoxy groups -OCH3 is 1. The van der Waals surface area contributed by atoms with E-state index in [1.165, 1.54) is 14.0 Å². The third kappa shape index (κ3) is 2.82. The standard InChI is InChI=1S/C14H17FO5/c1-14(17)11(15)10(20-13(14)18-2)8-19-12(16)9-6-4-3-5-7-9/h3-7,10-11,13,17H,8H2,1-2H3. The Hall–Kier alpha value is -1.50. The molecular weight excluding hydrogens is 267 g/mol. The summed E-state index contributed by atoms with van der Waals surface area (Å²) in [6.07, 6.45) is -3.84. The number of hydrogen-bond acceptors (Lipinski definition) is 5. The summed E-state index contributed by atoms with van der Waals surface area (Å²) in [5.74, 6) is -0.568. The van der Waals surface area contributed by atoms with Gasteiger partial charge in [-0.2, -0.15) is 0 Å². The summed E-state index contributed by atoms with van der Waals surface area (Å²) in [6.45, 7) is 0.996. The van der Waals surface area contributed by atoms with Gasteiger partial charge in [-0.15, -0.1) is 0 Å². The van der Waals surface area contributed by atoms with Crippen LogP contribution in [0.25, 0.3) is 0 Å². The maximum absolute atomic E-state index is 14.0. The van der Waals surface area contributed by atoms with Gasteiger partial charge < -0.3 is 19.3 Å². The van der Waals surface area contributed by atoms with Crippen LogP contribution in [0.4, 0.5) is 4.39 Å². The average molecular weight is 284 g/mol. The molecule has 110 valence electrons. The van der Waals surface area contributed by atoms with Crippen molar-refractivity contribution in [2.75, 3.05) is 13.7 Å². The fraction of sp³-hybridized carbons (Fsp3) is 0.500. The number of esters is 1. The van der Waals surface area contributed by atoms with Crippen molar-refractivity contribution in [1.82, 2.24) is 0 Å². The van der Waals surface area contributed by atoms with Crippen LogP contribution in [0.1, 0.15) is 17.3 Å². The SMILES string of the molecule is COC1OC(COC(=O)c2ccccc2)C(F)C1(C)O. The molecule has 1 aromatic rings. The van der Waals surface area contributed by atoms with Crippen molar-refractivity contribution in [2.45, 2.75) is 31.1 Å². The number of ether oxygens (including phenoxy) is 3. The number of alkyl halides is 1. The molecule has 1 aliphatic heterocycles. The minimum Gasteiger partial charge on any atom is -0.459 e. The molecule has 1 heterocycles. The van der Waals surface area contributed by atoms with E-state index in [0.717, 1.165) is 0 Å². The summed E-state index contributed by atoms with van der Waals surface area (Å²) in [6, 6.07) is 8.37. The van der Waals surface area contributed by atoms with Crippen LogP contribution in [0.3, 0.4) is 0 Å². The van der Waals surface area contributed by atoms with Crippen molar-refractivity contribution in [2.24, 2.45) is 0 Å². The van der Waals surface area contributed by atoms with Crippen LogP contribution in [-0.2, 0) is 14.2 Å². The highest BCUT2D eigenvalue weighted by molar-refractivity contribution is 5.89. The van der Waals surface area contributed by atoms with Gasteiger partial charge in [0.15, 0.2) is 12.5 Å². The van der Waals surface area contributed by atoms with Crippen LogP contribution in [0.15, 0.2) is 30.3 Å². The molecule has 0 radical (unpaired) electrons. The maximum Gasteiger partial charge on any atom is 0.338 e. The van der Waals surface area contributed by atoms with Crippen molar-refractivity contribution in [1.29, 1.82) is 0 Å². The lowest BCUT2D eigenvalue weighted by Crippen LogP contribution is -2.44. The van der Waals surface area contributed by atoms with E-state index in [0.29, 0.717) is 5.56 Å². The van der Waals surface area contributed by atoms with E-state index in [1.807, 2.05) is 0 Å². The lowest BCUT2D eigenvalue weighted by molar-refractivity contribution is -0.185. The van der Waals surface area contributed by atoms with Crippen LogP contribution in [0.5, 0.6) is 0 Å². The molecule has 0 saturated carbocycles. The molecule has 0 bridgehead atoms. The molecule has 0 aliphatic carbocycles. The minimum absolute atomic E-state index is 0.287. The Morgan fingerprint density at radius 1 is 1.45 bits per heavy atom. The molecule has 1 aromatic carbocycles. The Morgan fingerprint density at radius 3 is 2.65 bits per heavy atom. The molecule has 20 heavy (non-hydrogen) atoms. The summed E-state index contributed by atoms with van der Waals surface area (Å²) >= 11 is 0. The van der Waals surface area contributed by atoms with Crippen LogP contribution < -0.4 is 0 Å². The predicted molar refractivity (Wildman–Crippen MR) is 67.9 cm³/mol. The van der Waals surface area contributed by atoms with Crippen LogP contribution in [-0.4, -0.2) is 49.0 Å². The molecule has 1 saturated heterocycles. The number of hydrogen-bond donors (Lipinski definition) is 1. The monoisotopic (exact) mass is 284 g/mol. The molecule has 5 nitrogen and oxygen atoms in total. The Kier molecular flexibility index (Phi) is 4.37. The summed E-state index contributed by atoms with van der Waals surface area (Å²) in [7, 11) is 1.31. The predicted octanol–water partition coefficient (Wildman–Crippen LogP) is 1.30. The topological polar surface area (TPSA) is 65.0 Å². The molecule has 1 N–H and O–H groups in total. The summed E-state index contributed by atoms with van der Waals surface area (Å²) in [4.78, 5) is 11.7. The normalized spacial score (nSPS) is 33.1. The third-order valence-corrected chi connectivity index (χ3v) is 3.26. The third-order valence-electron chi connectivity index (χ3n) is 3.26. The summed E-state index contributed by atoms with van der Waals surface area (Å²) in [5.41, 5.74) is -1.39. The number of carbonyl (C=O) groups is 1. The van der Waals surface area contributed by atoms with E-state index < -0.39 is 30.1 Å². The lowest BCUT2D eigenvalue weighted by atomic mass is 9.99. The highest BCUT2D eigenvalue weighted by atomic mass is 19.1. The van der Waals surface area contributed by atoms with Gasteiger partial charge in [0, 0.05) is 7.11 Å². The van der Waals surface area contributed by atoms with Crippen LogP contribution in [0, 0.1) is 0 Å². The maximum atomic E-state index is 14.0. The largest absolute Gasteiger partial charge is 0.459 e. The molecule has 1 fully saturated rings. The highest BCUT2D eigenvalue weighted by Gasteiger charge is 2.54. The van der Waals surface area contributed by atoms with Crippen LogP contribution in [0.2, 0.25) is 0 Å². The molecular formula is C14H17FO5. The van der Waals surface area contributed by atoms with Crippen molar-refractivity contribution in [3.05, 3.63) is 35.9 Å². The van der Waals surface area contributed by atoms with Crippen molar-refractivity contribution < 1.29 is 28.5 Å². The van der Waals surface area contributed by atoms with E-state index in [2.05, 4.69) is 0 Å². The van der Waals surface area contributed by atoms with E-state index in [4.69, 9.17) is 14.2 Å². The van der Waals surface area contributed by atoms with Gasteiger partial charge in [-0.25, -0.2) is 9.18 Å². The van der Waals surface area contributed by atoms with Crippen molar-refractivity contribution in [3.63, 3.8) is 0 Å². The van der Waals surface area contributed by atoms with Gasteiger partial charge in [0.05, 0.1) is 5.56 Å². The van der Waals surface area contributed by atoms with Gasteiger partial charge in [0.25, 0.3) is 0 Å². The average Bonchev–Trinajstić information content (AvgIpc) is 2.68. The second-order valence-corrected chi connectivity index (χ2v) is 4.83. The fourth-order valence-corrected chi connectivity index (χ4v) is 2.11. The second-order valence-electron chi connectivity index (χ2n) is 4.83. The van der Waals surface area contributed by atoms with Crippen molar-refractivity contribution >= 4 is 5.97 Å². The van der Waals surface area contributed by atoms with Gasteiger partial charge >= 0.3 is 5.97 Å². The summed E-state index contributed by atoms with van der Waals surface area (Å²) in [5, 5.41) is 9.91. The molecule has 0 spiro atoms. The second kappa shape index (κ2) is 5.87. The Balaban J connectivity index is 1.94. The molecule has 1 aliphatic rings. The van der Waals surface area contributed by atoms with E-state index in [1.54, 1.807) is 30.3 Å². The fourth-order valence-electron chi connectivity index (χ4n) is 2.11. The Labute approximate surface area is 116 Å². The quantitative estimate of drug-likeness (QED) is 0.844. The zero-order chi connectivity index (χ0) is 14.8. The van der Waals surface area contributed by atoms with Gasteiger partial charge in [-0.3, -0.25) is 0 Å². The first-order valence-corrected chi connectivity index (χ1v) is 6.23. The van der Waals surface area contributed by atoms with E-state index in [9.17, 15) is 14.3 Å². The molecule has 2 rings (SSSR count). The number of aliphatic hydroxyl groups is 1. The zero-order valence-corrected chi connectivity index (χ0v) is 11.3. The van der Waals surface area contributed by atoms with Gasteiger partial charge in [0.1, 0.15) is 18.3 Å². The van der Waals surface area contributed by atoms with Gasteiger partial charge in [-0.1, -0.05) is 18.2 Å². The number of rotatable bonds is 4. The lowest BCUT2D eigenvalue weighted by Gasteiger charge is -2.23. The van der Waals surface area contributed by atoms with Gasteiger partial charge in [0.2, 0.25) is 0 Å². The number of halogens is 1. The van der Waals surface area contributed by atoms with E-state index in [-0.39, 0.29) is 6.61 Å². The number of carbonyl (C=O) groups excluding carboxylic acids is 1. The molecule has 0 aromatic heterocycles. The number of benzene rings is 1. The van der Waals surface area contributed by atoms with Crippen LogP contribution >= 0.6 is 0 Å². The smallest absolute Gasteiger partial charge is 0.338 e. The molecule has 4 atom stereocenters. The first-order chi connectivity index (χ1) is 9.46. The molecule has 6 heteroatoms. The summed E-state index contributed by atoms with van der Waals surface area (Å²) < 4.78 is 29.1.